The van der Waals surface area contributed by atoms with Gasteiger partial charge in [0.1, 0.15) is 5.75 Å². The summed E-state index contributed by atoms with van der Waals surface area (Å²) in [5.41, 5.74) is -0.722. The van der Waals surface area contributed by atoms with E-state index in [-0.39, 0.29) is 12.2 Å². The SMILES string of the molecule is OCC(O)CNc1ccc2c(c1)C(F)(F)OC(F)(F)O2. The minimum absolute atomic E-state index is 0.0985. The van der Waals surface area contributed by atoms with E-state index < -0.39 is 36.4 Å². The average molecular weight is 297 g/mol. The monoisotopic (exact) mass is 297 g/mol. The third-order valence-electron chi connectivity index (χ3n) is 2.52. The summed E-state index contributed by atoms with van der Waals surface area (Å²) in [5, 5.41) is 20.3. The number of hydrogen-bond acceptors (Lipinski definition) is 5. The Hall–Kier alpha value is -1.58. The zero-order valence-corrected chi connectivity index (χ0v) is 9.95. The van der Waals surface area contributed by atoms with E-state index in [1.807, 2.05) is 0 Å². The molecule has 0 bridgehead atoms. The summed E-state index contributed by atoms with van der Waals surface area (Å²) >= 11 is 0. The standard InChI is InChI=1S/C11H11F4NO4/c12-10(13)8-3-6(16-4-7(18)5-17)1-2-9(8)19-11(14,15)20-10/h1-3,7,16-18H,4-5H2. The molecule has 1 aliphatic heterocycles. The predicted octanol–water partition coefficient (Wildman–Crippen LogP) is 1.46. The zero-order chi connectivity index (χ0) is 15.0. The second kappa shape index (κ2) is 5.08. The molecule has 0 saturated carbocycles. The number of hydrogen-bond donors (Lipinski definition) is 3. The molecule has 0 fully saturated rings. The van der Waals surface area contributed by atoms with Gasteiger partial charge in [-0.3, -0.25) is 0 Å². The van der Waals surface area contributed by atoms with Crippen LogP contribution in [0.5, 0.6) is 5.75 Å². The molecule has 1 aromatic carbocycles. The number of halogens is 4. The van der Waals surface area contributed by atoms with Gasteiger partial charge in [-0.15, -0.1) is 8.78 Å². The molecule has 0 aromatic heterocycles. The first kappa shape index (κ1) is 14.8. The second-order valence-corrected chi connectivity index (χ2v) is 4.11. The second-order valence-electron chi connectivity index (χ2n) is 4.11. The Kier molecular flexibility index (Phi) is 3.76. The van der Waals surface area contributed by atoms with E-state index in [0.717, 1.165) is 12.1 Å². The molecule has 0 aliphatic carbocycles. The van der Waals surface area contributed by atoms with Crippen molar-refractivity contribution in [1.82, 2.24) is 0 Å². The third kappa shape index (κ3) is 3.11. The highest BCUT2D eigenvalue weighted by atomic mass is 19.3. The Morgan fingerprint density at radius 2 is 1.95 bits per heavy atom. The molecule has 9 heteroatoms. The fourth-order valence-corrected chi connectivity index (χ4v) is 1.61. The number of aliphatic hydroxyl groups excluding tert-OH is 2. The van der Waals surface area contributed by atoms with Gasteiger partial charge in [0.15, 0.2) is 0 Å². The largest absolute Gasteiger partial charge is 0.540 e. The van der Waals surface area contributed by atoms with Gasteiger partial charge >= 0.3 is 12.4 Å². The van der Waals surface area contributed by atoms with Gasteiger partial charge in [0.25, 0.3) is 0 Å². The minimum Gasteiger partial charge on any atom is -0.409 e. The van der Waals surface area contributed by atoms with Crippen molar-refractivity contribution in [1.29, 1.82) is 0 Å². The van der Waals surface area contributed by atoms with Crippen LogP contribution in [0.4, 0.5) is 23.2 Å². The first-order valence-corrected chi connectivity index (χ1v) is 5.55. The third-order valence-corrected chi connectivity index (χ3v) is 2.52. The number of ether oxygens (including phenoxy) is 2. The Bertz CT molecular complexity index is 497. The van der Waals surface area contributed by atoms with Crippen LogP contribution in [0.1, 0.15) is 5.56 Å². The zero-order valence-electron chi connectivity index (χ0n) is 9.95. The molecule has 0 radical (unpaired) electrons. The van der Waals surface area contributed by atoms with Gasteiger partial charge in [0.2, 0.25) is 0 Å². The van der Waals surface area contributed by atoms with E-state index in [1.54, 1.807) is 0 Å². The van der Waals surface area contributed by atoms with E-state index in [9.17, 15) is 17.6 Å². The summed E-state index contributed by atoms with van der Waals surface area (Å²) in [7, 11) is 0. The average Bonchev–Trinajstić information content (AvgIpc) is 2.34. The van der Waals surface area contributed by atoms with E-state index in [1.165, 1.54) is 6.07 Å². The molecule has 1 heterocycles. The molecule has 1 aromatic rings. The lowest BCUT2D eigenvalue weighted by molar-refractivity contribution is -0.461. The maximum atomic E-state index is 13.4. The highest BCUT2D eigenvalue weighted by Crippen LogP contribution is 2.46. The smallest absolute Gasteiger partial charge is 0.409 e. The molecule has 20 heavy (non-hydrogen) atoms. The predicted molar refractivity (Wildman–Crippen MR) is 58.6 cm³/mol. The molecule has 3 N–H and O–H groups in total. The normalized spacial score (nSPS) is 20.7. The molecule has 0 saturated heterocycles. The van der Waals surface area contributed by atoms with Crippen LogP contribution in [0.25, 0.3) is 0 Å². The summed E-state index contributed by atoms with van der Waals surface area (Å²) in [5.74, 6) is -0.695. The maximum Gasteiger partial charge on any atom is 0.540 e. The van der Waals surface area contributed by atoms with Gasteiger partial charge in [-0.25, -0.2) is 4.74 Å². The number of fused-ring (bicyclic) bond motifs is 1. The van der Waals surface area contributed by atoms with Gasteiger partial charge in [-0.05, 0) is 18.2 Å². The number of rotatable bonds is 4. The van der Waals surface area contributed by atoms with Gasteiger partial charge in [0.05, 0.1) is 18.3 Å². The topological polar surface area (TPSA) is 71.0 Å². The summed E-state index contributed by atoms with van der Waals surface area (Å²) in [6, 6.07) is 3.03. The van der Waals surface area contributed by atoms with Crippen LogP contribution in [-0.4, -0.2) is 35.8 Å². The molecule has 5 nitrogen and oxygen atoms in total. The molecule has 112 valence electrons. The molecule has 1 aliphatic rings. The lowest BCUT2D eigenvalue weighted by Gasteiger charge is -2.30. The molecule has 1 unspecified atom stereocenters. The van der Waals surface area contributed by atoms with Crippen molar-refractivity contribution >= 4 is 5.69 Å². The molecule has 1 atom stereocenters. The number of aliphatic hydroxyl groups is 2. The molecule has 0 spiro atoms. The molecule has 0 amide bonds. The molecular formula is C11H11F4NO4. The van der Waals surface area contributed by atoms with Gasteiger partial charge in [-0.2, -0.15) is 8.78 Å². The van der Waals surface area contributed by atoms with E-state index >= 15 is 0 Å². The Balaban J connectivity index is 2.23. The van der Waals surface area contributed by atoms with Crippen LogP contribution >= 0.6 is 0 Å². The van der Waals surface area contributed by atoms with Crippen molar-refractivity contribution in [2.45, 2.75) is 18.5 Å². The van der Waals surface area contributed by atoms with E-state index in [0.29, 0.717) is 0 Å². The van der Waals surface area contributed by atoms with Gasteiger partial charge < -0.3 is 20.3 Å². The fraction of sp³-hybridized carbons (Fsp3) is 0.455. The van der Waals surface area contributed by atoms with Crippen molar-refractivity contribution in [2.75, 3.05) is 18.5 Å². The number of anilines is 1. The Morgan fingerprint density at radius 1 is 1.25 bits per heavy atom. The Labute approximate surface area is 110 Å². The first-order valence-electron chi connectivity index (χ1n) is 5.55. The van der Waals surface area contributed by atoms with Crippen LogP contribution in [-0.2, 0) is 10.8 Å². The van der Waals surface area contributed by atoms with Crippen molar-refractivity contribution in [3.63, 3.8) is 0 Å². The van der Waals surface area contributed by atoms with Crippen LogP contribution in [0, 0.1) is 0 Å². The van der Waals surface area contributed by atoms with Gasteiger partial charge in [-0.1, -0.05) is 0 Å². The minimum atomic E-state index is -4.40. The molecule has 2 rings (SSSR count). The van der Waals surface area contributed by atoms with Gasteiger partial charge in [0, 0.05) is 12.2 Å². The van der Waals surface area contributed by atoms with Crippen LogP contribution in [0.3, 0.4) is 0 Å². The number of benzene rings is 1. The molecular weight excluding hydrogens is 286 g/mol. The Morgan fingerprint density at radius 3 is 2.60 bits per heavy atom. The summed E-state index contributed by atoms with van der Waals surface area (Å²) in [6.45, 7) is -0.606. The fourth-order valence-electron chi connectivity index (χ4n) is 1.61. The van der Waals surface area contributed by atoms with E-state index in [2.05, 4.69) is 14.8 Å². The van der Waals surface area contributed by atoms with Crippen LogP contribution in [0.2, 0.25) is 0 Å². The maximum absolute atomic E-state index is 13.4. The van der Waals surface area contributed by atoms with Crippen molar-refractivity contribution in [2.24, 2.45) is 0 Å². The van der Waals surface area contributed by atoms with E-state index in [4.69, 9.17) is 10.2 Å². The summed E-state index contributed by atoms with van der Waals surface area (Å²) in [6.07, 6.45) is -9.69. The lowest BCUT2D eigenvalue weighted by Crippen LogP contribution is -2.41. The number of alkyl halides is 4. The van der Waals surface area contributed by atoms with Crippen LogP contribution < -0.4 is 10.1 Å². The quantitative estimate of drug-likeness (QED) is 0.734. The van der Waals surface area contributed by atoms with Crippen molar-refractivity contribution < 1.29 is 37.2 Å². The highest BCUT2D eigenvalue weighted by Gasteiger charge is 2.54. The lowest BCUT2D eigenvalue weighted by atomic mass is 10.1. The van der Waals surface area contributed by atoms with Crippen LogP contribution in [0.15, 0.2) is 18.2 Å². The summed E-state index contributed by atoms with van der Waals surface area (Å²) in [4.78, 5) is 0. The highest BCUT2D eigenvalue weighted by molar-refractivity contribution is 5.52. The van der Waals surface area contributed by atoms with Crippen molar-refractivity contribution in [3.8, 4) is 5.75 Å². The number of nitrogens with one attached hydrogen (secondary N) is 1. The van der Waals surface area contributed by atoms with Crippen molar-refractivity contribution in [3.05, 3.63) is 23.8 Å². The summed E-state index contributed by atoms with van der Waals surface area (Å²) < 4.78 is 59.7. The first-order chi connectivity index (χ1) is 9.23.